The summed E-state index contributed by atoms with van der Waals surface area (Å²) in [6.45, 7) is 6.94. The third-order valence-electron chi connectivity index (χ3n) is 4.92. The fourth-order valence-corrected chi connectivity index (χ4v) is 3.66. The molecular formula is C18H25NO3. The quantitative estimate of drug-likeness (QED) is 0.868. The number of aliphatic hydroxyl groups is 1. The molecule has 1 saturated carbocycles. The van der Waals surface area contributed by atoms with Crippen molar-refractivity contribution in [3.8, 4) is 0 Å². The van der Waals surface area contributed by atoms with Crippen molar-refractivity contribution in [2.24, 2.45) is 5.41 Å². The summed E-state index contributed by atoms with van der Waals surface area (Å²) in [6, 6.07) is 9.39. The molecule has 1 saturated heterocycles. The molecule has 1 spiro atoms. The van der Waals surface area contributed by atoms with Crippen LogP contribution in [0.15, 0.2) is 30.3 Å². The van der Waals surface area contributed by atoms with Gasteiger partial charge < -0.3 is 14.7 Å². The highest BCUT2D eigenvalue weighted by molar-refractivity contribution is 5.95. The predicted molar refractivity (Wildman–Crippen MR) is 84.4 cm³/mol. The number of amides is 1. The van der Waals surface area contributed by atoms with E-state index >= 15 is 0 Å². The molecule has 0 bridgehead atoms. The van der Waals surface area contributed by atoms with Crippen molar-refractivity contribution >= 4 is 5.91 Å². The molecule has 2 fully saturated rings. The number of nitrogens with zero attached hydrogens (tertiary/aromatic N) is 1. The second-order valence-corrected chi connectivity index (χ2v) is 7.58. The first kappa shape index (κ1) is 15.5. The molecule has 1 aliphatic heterocycles. The number of hydrogen-bond acceptors (Lipinski definition) is 3. The van der Waals surface area contributed by atoms with Gasteiger partial charge in [-0.3, -0.25) is 4.79 Å². The summed E-state index contributed by atoms with van der Waals surface area (Å²) in [4.78, 5) is 15.1. The predicted octanol–water partition coefficient (Wildman–Crippen LogP) is 2.81. The van der Waals surface area contributed by atoms with Gasteiger partial charge in [0.2, 0.25) is 0 Å². The molecule has 2 aliphatic rings. The van der Waals surface area contributed by atoms with Crippen LogP contribution >= 0.6 is 0 Å². The molecule has 1 unspecified atom stereocenters. The van der Waals surface area contributed by atoms with E-state index in [-0.39, 0.29) is 23.5 Å². The zero-order valence-corrected chi connectivity index (χ0v) is 13.6. The summed E-state index contributed by atoms with van der Waals surface area (Å²) < 4.78 is 6.11. The second-order valence-electron chi connectivity index (χ2n) is 7.58. The lowest BCUT2D eigenvalue weighted by atomic mass is 9.85. The standard InChI is InChI=1S/C18H25NO3/c1-17(2,3)15-12-22-18(10-9-14(20)11-18)19(15)16(21)13-7-5-4-6-8-13/h4-8,14-15,20H,9-12H2,1-3H3/t14-,15-,18?/m0/s1. The van der Waals surface area contributed by atoms with E-state index in [0.717, 1.165) is 0 Å². The van der Waals surface area contributed by atoms with Gasteiger partial charge in [-0.05, 0) is 30.4 Å². The summed E-state index contributed by atoms with van der Waals surface area (Å²) in [5.74, 6) is 0.00660. The Kier molecular flexibility index (Phi) is 3.77. The maximum absolute atomic E-state index is 13.1. The Balaban J connectivity index is 1.99. The van der Waals surface area contributed by atoms with E-state index in [0.29, 0.717) is 31.4 Å². The number of rotatable bonds is 1. The van der Waals surface area contributed by atoms with Crippen LogP contribution in [0.1, 0.15) is 50.4 Å². The maximum atomic E-state index is 13.1. The Morgan fingerprint density at radius 2 is 2.00 bits per heavy atom. The van der Waals surface area contributed by atoms with Crippen LogP contribution in [0.2, 0.25) is 0 Å². The van der Waals surface area contributed by atoms with E-state index < -0.39 is 5.72 Å². The van der Waals surface area contributed by atoms with E-state index in [9.17, 15) is 9.90 Å². The van der Waals surface area contributed by atoms with E-state index in [1.807, 2.05) is 35.2 Å². The summed E-state index contributed by atoms with van der Waals surface area (Å²) in [6.07, 6.45) is 1.53. The van der Waals surface area contributed by atoms with Gasteiger partial charge in [-0.2, -0.15) is 0 Å². The maximum Gasteiger partial charge on any atom is 0.256 e. The molecule has 4 heteroatoms. The Labute approximate surface area is 132 Å². The Bertz CT molecular complexity index is 551. The number of carbonyl (C=O) groups is 1. The van der Waals surface area contributed by atoms with Crippen molar-refractivity contribution in [1.29, 1.82) is 0 Å². The first-order valence-corrected chi connectivity index (χ1v) is 8.04. The topological polar surface area (TPSA) is 49.8 Å². The third kappa shape index (κ3) is 2.55. The Hall–Kier alpha value is -1.39. The van der Waals surface area contributed by atoms with Gasteiger partial charge >= 0.3 is 0 Å². The van der Waals surface area contributed by atoms with E-state index in [2.05, 4.69) is 20.8 Å². The molecule has 120 valence electrons. The third-order valence-corrected chi connectivity index (χ3v) is 4.92. The lowest BCUT2D eigenvalue weighted by Crippen LogP contribution is -2.54. The Morgan fingerprint density at radius 1 is 1.32 bits per heavy atom. The van der Waals surface area contributed by atoms with Crippen LogP contribution in [0.3, 0.4) is 0 Å². The summed E-state index contributed by atoms with van der Waals surface area (Å²) >= 11 is 0. The largest absolute Gasteiger partial charge is 0.393 e. The lowest BCUT2D eigenvalue weighted by Gasteiger charge is -2.41. The molecule has 3 rings (SSSR count). The molecule has 3 atom stereocenters. The molecule has 1 aromatic carbocycles. The molecule has 22 heavy (non-hydrogen) atoms. The number of aliphatic hydroxyl groups excluding tert-OH is 1. The second kappa shape index (κ2) is 5.36. The van der Waals surface area contributed by atoms with Crippen molar-refractivity contribution in [3.05, 3.63) is 35.9 Å². The van der Waals surface area contributed by atoms with Gasteiger partial charge in [0.25, 0.3) is 5.91 Å². The fraction of sp³-hybridized carbons (Fsp3) is 0.611. The zero-order chi connectivity index (χ0) is 16.0. The number of hydrogen-bond donors (Lipinski definition) is 1. The minimum Gasteiger partial charge on any atom is -0.393 e. The minimum atomic E-state index is -0.635. The number of ether oxygens (including phenoxy) is 1. The molecule has 1 amide bonds. The van der Waals surface area contributed by atoms with Gasteiger partial charge in [0.05, 0.1) is 18.8 Å². The average molecular weight is 303 g/mol. The molecule has 1 heterocycles. The molecule has 4 nitrogen and oxygen atoms in total. The Morgan fingerprint density at radius 3 is 2.55 bits per heavy atom. The monoisotopic (exact) mass is 303 g/mol. The van der Waals surface area contributed by atoms with Crippen LogP contribution in [-0.2, 0) is 4.74 Å². The summed E-state index contributed by atoms with van der Waals surface area (Å²) in [7, 11) is 0. The van der Waals surface area contributed by atoms with Crippen molar-refractivity contribution < 1.29 is 14.6 Å². The first-order chi connectivity index (χ1) is 10.3. The van der Waals surface area contributed by atoms with Crippen LogP contribution in [-0.4, -0.2) is 40.4 Å². The molecule has 1 N–H and O–H groups in total. The van der Waals surface area contributed by atoms with Crippen LogP contribution in [0, 0.1) is 5.41 Å². The van der Waals surface area contributed by atoms with Crippen molar-refractivity contribution in [2.75, 3.05) is 6.61 Å². The highest BCUT2D eigenvalue weighted by Gasteiger charge is 2.56. The average Bonchev–Trinajstić information content (AvgIpc) is 3.03. The summed E-state index contributed by atoms with van der Waals surface area (Å²) in [5.41, 5.74) is -0.0193. The van der Waals surface area contributed by atoms with E-state index in [4.69, 9.17) is 4.74 Å². The van der Waals surface area contributed by atoms with E-state index in [1.54, 1.807) is 0 Å². The van der Waals surface area contributed by atoms with Gasteiger partial charge in [-0.15, -0.1) is 0 Å². The normalized spacial score (nSPS) is 31.9. The van der Waals surface area contributed by atoms with Gasteiger partial charge in [0.15, 0.2) is 0 Å². The molecule has 1 aliphatic carbocycles. The van der Waals surface area contributed by atoms with Crippen LogP contribution < -0.4 is 0 Å². The van der Waals surface area contributed by atoms with Crippen molar-refractivity contribution in [2.45, 2.75) is 57.9 Å². The van der Waals surface area contributed by atoms with Gasteiger partial charge in [-0.25, -0.2) is 0 Å². The number of benzene rings is 1. The molecule has 1 aromatic rings. The summed E-state index contributed by atoms with van der Waals surface area (Å²) in [5, 5.41) is 10.00. The fourth-order valence-electron chi connectivity index (χ4n) is 3.66. The van der Waals surface area contributed by atoms with Crippen LogP contribution in [0.4, 0.5) is 0 Å². The van der Waals surface area contributed by atoms with Crippen LogP contribution in [0.25, 0.3) is 0 Å². The van der Waals surface area contributed by atoms with E-state index in [1.165, 1.54) is 0 Å². The molecule has 0 radical (unpaired) electrons. The van der Waals surface area contributed by atoms with Gasteiger partial charge in [-0.1, -0.05) is 39.0 Å². The van der Waals surface area contributed by atoms with Gasteiger partial charge in [0.1, 0.15) is 5.72 Å². The van der Waals surface area contributed by atoms with Gasteiger partial charge in [0, 0.05) is 12.0 Å². The van der Waals surface area contributed by atoms with Crippen molar-refractivity contribution in [1.82, 2.24) is 4.90 Å². The minimum absolute atomic E-state index is 0.00660. The first-order valence-electron chi connectivity index (χ1n) is 8.04. The molecular weight excluding hydrogens is 278 g/mol. The molecule has 0 aromatic heterocycles. The highest BCUT2D eigenvalue weighted by Crippen LogP contribution is 2.46. The SMILES string of the molecule is CC(C)(C)[C@@H]1COC2(CC[C@H](O)C2)N1C(=O)c1ccccc1. The van der Waals surface area contributed by atoms with Crippen molar-refractivity contribution in [3.63, 3.8) is 0 Å². The zero-order valence-electron chi connectivity index (χ0n) is 13.6. The smallest absolute Gasteiger partial charge is 0.256 e. The number of carbonyl (C=O) groups excluding carboxylic acids is 1. The highest BCUT2D eigenvalue weighted by atomic mass is 16.5. The lowest BCUT2D eigenvalue weighted by molar-refractivity contribution is -0.0733. The van der Waals surface area contributed by atoms with Crippen LogP contribution in [0.5, 0.6) is 0 Å².